The predicted octanol–water partition coefficient (Wildman–Crippen LogP) is 2.15. The first-order chi connectivity index (χ1) is 11.6. The standard InChI is InChI=1S/C17H20N4O3/c1-20-11-17(23-16(20)22)6-4-8-21(12-17)10-13-9-15(19-24-13)14-5-2-3-7-18-14/h2-3,5,7,9H,4,6,8,10-12H2,1H3/t17-/m1/s1. The lowest BCUT2D eigenvalue weighted by molar-refractivity contribution is -0.0134. The molecule has 2 aliphatic heterocycles. The molecule has 1 amide bonds. The van der Waals surface area contributed by atoms with Crippen LogP contribution in [0.25, 0.3) is 11.4 Å². The first-order valence-corrected chi connectivity index (χ1v) is 8.17. The van der Waals surface area contributed by atoms with E-state index < -0.39 is 0 Å². The monoisotopic (exact) mass is 328 g/mol. The van der Waals surface area contributed by atoms with Gasteiger partial charge in [0.05, 0.1) is 18.8 Å². The van der Waals surface area contributed by atoms with Crippen LogP contribution in [0, 0.1) is 0 Å². The fraction of sp³-hybridized carbons (Fsp3) is 0.471. The Hall–Kier alpha value is -2.41. The van der Waals surface area contributed by atoms with Crippen LogP contribution in [0.3, 0.4) is 0 Å². The normalized spacial score (nSPS) is 24.5. The summed E-state index contributed by atoms with van der Waals surface area (Å²) in [6, 6.07) is 7.63. The number of ether oxygens (including phenoxy) is 1. The zero-order valence-corrected chi connectivity index (χ0v) is 13.6. The molecule has 0 aliphatic carbocycles. The number of hydrogen-bond donors (Lipinski definition) is 0. The highest BCUT2D eigenvalue weighted by Gasteiger charge is 2.46. The fourth-order valence-electron chi connectivity index (χ4n) is 3.57. The van der Waals surface area contributed by atoms with E-state index in [1.54, 1.807) is 18.1 Å². The molecule has 2 aromatic rings. The van der Waals surface area contributed by atoms with E-state index >= 15 is 0 Å². The summed E-state index contributed by atoms with van der Waals surface area (Å²) in [5.74, 6) is 0.797. The molecule has 2 fully saturated rings. The molecule has 7 nitrogen and oxygen atoms in total. The van der Waals surface area contributed by atoms with Crippen molar-refractivity contribution in [1.29, 1.82) is 0 Å². The van der Waals surface area contributed by atoms with Crippen molar-refractivity contribution in [2.45, 2.75) is 25.0 Å². The molecule has 0 N–H and O–H groups in total. The maximum atomic E-state index is 11.7. The number of aromatic nitrogens is 2. The molecular weight excluding hydrogens is 308 g/mol. The third-order valence-corrected chi connectivity index (χ3v) is 4.63. The van der Waals surface area contributed by atoms with Crippen LogP contribution in [0.15, 0.2) is 35.0 Å². The molecule has 2 aromatic heterocycles. The molecule has 0 bridgehead atoms. The molecule has 0 saturated carbocycles. The van der Waals surface area contributed by atoms with Gasteiger partial charge in [0.25, 0.3) is 0 Å². The minimum absolute atomic E-state index is 0.228. The summed E-state index contributed by atoms with van der Waals surface area (Å²) in [6.45, 7) is 2.99. The molecule has 0 radical (unpaired) electrons. The van der Waals surface area contributed by atoms with Gasteiger partial charge >= 0.3 is 6.09 Å². The lowest BCUT2D eigenvalue weighted by Crippen LogP contribution is -2.50. The van der Waals surface area contributed by atoms with E-state index in [4.69, 9.17) is 9.26 Å². The predicted molar refractivity (Wildman–Crippen MR) is 86.1 cm³/mol. The van der Waals surface area contributed by atoms with Crippen molar-refractivity contribution in [1.82, 2.24) is 19.9 Å². The summed E-state index contributed by atoms with van der Waals surface area (Å²) in [5.41, 5.74) is 1.16. The number of likely N-dealkylation sites (tertiary alicyclic amines) is 1. The second kappa shape index (κ2) is 5.90. The van der Waals surface area contributed by atoms with Gasteiger partial charge in [-0.1, -0.05) is 11.2 Å². The molecule has 7 heteroatoms. The average molecular weight is 328 g/mol. The van der Waals surface area contributed by atoms with Gasteiger partial charge in [0.1, 0.15) is 11.3 Å². The fourth-order valence-corrected chi connectivity index (χ4v) is 3.57. The number of piperidine rings is 1. The van der Waals surface area contributed by atoms with Crippen molar-refractivity contribution < 1.29 is 14.1 Å². The molecule has 4 heterocycles. The first-order valence-electron chi connectivity index (χ1n) is 8.17. The third kappa shape index (κ3) is 2.87. The quantitative estimate of drug-likeness (QED) is 0.860. The highest BCUT2D eigenvalue weighted by molar-refractivity contribution is 5.70. The number of likely N-dealkylation sites (N-methyl/N-ethyl adjacent to an activating group) is 1. The van der Waals surface area contributed by atoms with Crippen LogP contribution >= 0.6 is 0 Å². The summed E-state index contributed by atoms with van der Waals surface area (Å²) in [4.78, 5) is 19.9. The maximum absolute atomic E-state index is 11.7. The summed E-state index contributed by atoms with van der Waals surface area (Å²) in [7, 11) is 1.78. The van der Waals surface area contributed by atoms with Gasteiger partial charge in [-0.15, -0.1) is 0 Å². The number of pyridine rings is 1. The molecule has 2 saturated heterocycles. The van der Waals surface area contributed by atoms with Crippen molar-refractivity contribution in [2.24, 2.45) is 0 Å². The molecule has 1 spiro atoms. The Balaban J connectivity index is 1.44. The van der Waals surface area contributed by atoms with Gasteiger partial charge in [-0.2, -0.15) is 0 Å². The number of carbonyl (C=O) groups excluding carboxylic acids is 1. The van der Waals surface area contributed by atoms with Crippen LogP contribution in [0.5, 0.6) is 0 Å². The summed E-state index contributed by atoms with van der Waals surface area (Å²) >= 11 is 0. The molecule has 24 heavy (non-hydrogen) atoms. The van der Waals surface area contributed by atoms with Gasteiger partial charge in [0, 0.05) is 25.9 Å². The molecular formula is C17H20N4O3. The number of amides is 1. The Morgan fingerprint density at radius 1 is 1.29 bits per heavy atom. The Morgan fingerprint density at radius 2 is 2.21 bits per heavy atom. The van der Waals surface area contributed by atoms with Gasteiger partial charge < -0.3 is 14.2 Å². The Kier molecular flexibility index (Phi) is 3.72. The summed E-state index contributed by atoms with van der Waals surface area (Å²) in [5, 5.41) is 4.11. The van der Waals surface area contributed by atoms with Gasteiger partial charge in [0.2, 0.25) is 0 Å². The second-order valence-electron chi connectivity index (χ2n) is 6.61. The van der Waals surface area contributed by atoms with Crippen LogP contribution in [-0.4, -0.2) is 58.3 Å². The maximum Gasteiger partial charge on any atom is 0.410 e. The van der Waals surface area contributed by atoms with E-state index in [1.807, 2.05) is 24.3 Å². The lowest BCUT2D eigenvalue weighted by Gasteiger charge is -2.37. The SMILES string of the molecule is CN1C[C@@]2(CCCN(Cc3cc(-c4ccccn4)no3)C2)OC1=O. The van der Waals surface area contributed by atoms with Gasteiger partial charge in [-0.3, -0.25) is 9.88 Å². The largest absolute Gasteiger partial charge is 0.440 e. The van der Waals surface area contributed by atoms with Crippen LogP contribution in [0.1, 0.15) is 18.6 Å². The smallest absolute Gasteiger partial charge is 0.410 e. The van der Waals surface area contributed by atoms with Gasteiger partial charge in [0.15, 0.2) is 5.76 Å². The number of nitrogens with zero attached hydrogens (tertiary/aromatic N) is 4. The molecule has 4 rings (SSSR count). The molecule has 1 atom stereocenters. The van der Waals surface area contributed by atoms with Crippen molar-refractivity contribution in [3.8, 4) is 11.4 Å². The van der Waals surface area contributed by atoms with Crippen LogP contribution < -0.4 is 0 Å². The average Bonchev–Trinajstić information content (AvgIpc) is 3.14. The van der Waals surface area contributed by atoms with Gasteiger partial charge in [-0.25, -0.2) is 4.79 Å². The van der Waals surface area contributed by atoms with Crippen LogP contribution in [-0.2, 0) is 11.3 Å². The van der Waals surface area contributed by atoms with Crippen molar-refractivity contribution in [3.63, 3.8) is 0 Å². The lowest BCUT2D eigenvalue weighted by atomic mass is 9.93. The molecule has 0 aromatic carbocycles. The molecule has 126 valence electrons. The second-order valence-corrected chi connectivity index (χ2v) is 6.61. The van der Waals surface area contributed by atoms with Crippen LogP contribution in [0.2, 0.25) is 0 Å². The van der Waals surface area contributed by atoms with Gasteiger partial charge in [-0.05, 0) is 31.5 Å². The van der Waals surface area contributed by atoms with E-state index in [2.05, 4.69) is 15.0 Å². The zero-order valence-electron chi connectivity index (χ0n) is 13.6. The molecule has 0 unspecified atom stereocenters. The van der Waals surface area contributed by atoms with E-state index in [0.29, 0.717) is 13.1 Å². The van der Waals surface area contributed by atoms with E-state index in [0.717, 1.165) is 43.1 Å². The summed E-state index contributed by atoms with van der Waals surface area (Å²) < 4.78 is 11.1. The minimum Gasteiger partial charge on any atom is -0.440 e. The van der Waals surface area contributed by atoms with E-state index in [9.17, 15) is 4.79 Å². The highest BCUT2D eigenvalue weighted by Crippen LogP contribution is 2.32. The Morgan fingerprint density at radius 3 is 2.96 bits per heavy atom. The third-order valence-electron chi connectivity index (χ3n) is 4.63. The van der Waals surface area contributed by atoms with Crippen molar-refractivity contribution >= 4 is 6.09 Å². The Labute approximate surface area is 140 Å². The topological polar surface area (TPSA) is 71.7 Å². The van der Waals surface area contributed by atoms with E-state index in [1.165, 1.54) is 0 Å². The summed E-state index contributed by atoms with van der Waals surface area (Å²) in [6.07, 6.45) is 3.43. The molecule has 2 aliphatic rings. The minimum atomic E-state index is -0.381. The van der Waals surface area contributed by atoms with Crippen molar-refractivity contribution in [3.05, 3.63) is 36.2 Å². The number of carbonyl (C=O) groups is 1. The van der Waals surface area contributed by atoms with E-state index in [-0.39, 0.29) is 11.7 Å². The first kappa shape index (κ1) is 15.1. The number of rotatable bonds is 3. The number of hydrogen-bond acceptors (Lipinski definition) is 6. The Bertz CT molecular complexity index is 732. The zero-order chi connectivity index (χ0) is 16.6. The highest BCUT2D eigenvalue weighted by atomic mass is 16.6. The van der Waals surface area contributed by atoms with Crippen molar-refractivity contribution in [2.75, 3.05) is 26.7 Å². The van der Waals surface area contributed by atoms with Crippen LogP contribution in [0.4, 0.5) is 4.79 Å².